The molecule has 1 amide bonds. The molecule has 1 aromatic heterocycles. The normalized spacial score (nSPS) is 20.5. The number of thioether (sulfide) groups is 1. The molecule has 2 fully saturated rings. The van der Waals surface area contributed by atoms with E-state index in [2.05, 4.69) is 0 Å². The third-order valence-corrected chi connectivity index (χ3v) is 6.74. The maximum Gasteiger partial charge on any atom is 0.269 e. The molecule has 0 unspecified atom stereocenters. The Bertz CT molecular complexity index is 1050. The van der Waals surface area contributed by atoms with Gasteiger partial charge in [0.2, 0.25) is 0 Å². The second-order valence-corrected chi connectivity index (χ2v) is 9.04. The maximum absolute atomic E-state index is 12.9. The molecule has 156 valence electrons. The van der Waals surface area contributed by atoms with E-state index in [9.17, 15) is 14.9 Å². The highest BCUT2D eigenvalue weighted by atomic mass is 32.2. The van der Waals surface area contributed by atoms with Gasteiger partial charge in [0.05, 0.1) is 22.5 Å². The average Bonchev–Trinajstić information content (AvgIpc) is 3.39. The van der Waals surface area contributed by atoms with Crippen molar-refractivity contribution < 1.29 is 14.5 Å². The molecule has 2 aliphatic rings. The van der Waals surface area contributed by atoms with E-state index < -0.39 is 4.92 Å². The van der Waals surface area contributed by atoms with E-state index in [-0.39, 0.29) is 17.7 Å². The largest absolute Gasteiger partial charge is 0.376 e. The zero-order valence-electron chi connectivity index (χ0n) is 16.7. The molecule has 1 atom stereocenters. The summed E-state index contributed by atoms with van der Waals surface area (Å²) in [5.74, 6) is -0.0827. The van der Waals surface area contributed by atoms with E-state index in [0.29, 0.717) is 15.8 Å². The highest BCUT2D eigenvalue weighted by molar-refractivity contribution is 8.26. The Kier molecular flexibility index (Phi) is 5.77. The topological polar surface area (TPSA) is 77.6 Å². The Hall–Kier alpha value is -2.49. The number of benzene rings is 1. The monoisotopic (exact) mass is 443 g/mol. The number of non-ortho nitro benzene ring substituents is 1. The number of amides is 1. The van der Waals surface area contributed by atoms with Gasteiger partial charge in [0.15, 0.2) is 0 Å². The van der Waals surface area contributed by atoms with Crippen molar-refractivity contribution in [2.45, 2.75) is 32.8 Å². The summed E-state index contributed by atoms with van der Waals surface area (Å²) in [5.41, 5.74) is 3.73. The zero-order chi connectivity index (χ0) is 21.4. The van der Waals surface area contributed by atoms with Gasteiger partial charge in [-0.2, -0.15) is 0 Å². The number of carbonyl (C=O) groups is 1. The highest BCUT2D eigenvalue weighted by Crippen LogP contribution is 2.35. The molecular weight excluding hydrogens is 422 g/mol. The summed E-state index contributed by atoms with van der Waals surface area (Å²) in [6, 6.07) is 8.43. The van der Waals surface area contributed by atoms with Crippen molar-refractivity contribution in [2.24, 2.45) is 0 Å². The Labute approximate surface area is 183 Å². The second kappa shape index (κ2) is 8.33. The number of aromatic nitrogens is 1. The summed E-state index contributed by atoms with van der Waals surface area (Å²) >= 11 is 6.74. The van der Waals surface area contributed by atoms with Crippen LogP contribution < -0.4 is 0 Å². The lowest BCUT2D eigenvalue weighted by molar-refractivity contribution is -0.384. The van der Waals surface area contributed by atoms with Crippen LogP contribution >= 0.6 is 24.0 Å². The summed E-state index contributed by atoms with van der Waals surface area (Å²) in [6.45, 7) is 5.18. The molecule has 3 heterocycles. The lowest BCUT2D eigenvalue weighted by Gasteiger charge is -2.18. The van der Waals surface area contributed by atoms with E-state index in [1.54, 1.807) is 17.0 Å². The number of nitro groups is 1. The van der Waals surface area contributed by atoms with Gasteiger partial charge in [-0.05, 0) is 56.5 Å². The lowest BCUT2D eigenvalue weighted by Crippen LogP contribution is -2.35. The highest BCUT2D eigenvalue weighted by Gasteiger charge is 2.34. The van der Waals surface area contributed by atoms with E-state index >= 15 is 0 Å². The Morgan fingerprint density at radius 3 is 2.70 bits per heavy atom. The van der Waals surface area contributed by atoms with Crippen LogP contribution in [0.5, 0.6) is 0 Å². The van der Waals surface area contributed by atoms with Crippen molar-refractivity contribution in [3.05, 3.63) is 62.3 Å². The summed E-state index contributed by atoms with van der Waals surface area (Å²) < 4.78 is 8.23. The number of thiocarbonyl (C=S) groups is 1. The molecule has 0 radical (unpaired) electrons. The fourth-order valence-corrected chi connectivity index (χ4v) is 5.11. The standard InChI is InChI=1S/C21H21N3O4S2/c1-13-10-15(14(2)23(13)16-5-7-17(8-6-16)24(26)27)11-19-20(25)22(21(29)30-19)12-18-4-3-9-28-18/h5-8,10-11,18H,3-4,9,12H2,1-2H3/b19-11-/t18-/m0/s1. The number of hydrogen-bond donors (Lipinski definition) is 0. The number of hydrogen-bond acceptors (Lipinski definition) is 6. The number of aryl methyl sites for hydroxylation is 1. The van der Waals surface area contributed by atoms with Gasteiger partial charge in [-0.3, -0.25) is 19.8 Å². The van der Waals surface area contributed by atoms with Crippen LogP contribution in [0.4, 0.5) is 5.69 Å². The van der Waals surface area contributed by atoms with Crippen molar-refractivity contribution in [3.63, 3.8) is 0 Å². The number of ether oxygens (including phenoxy) is 1. The van der Waals surface area contributed by atoms with Crippen LogP contribution in [0, 0.1) is 24.0 Å². The average molecular weight is 444 g/mol. The Morgan fingerprint density at radius 1 is 1.33 bits per heavy atom. The van der Waals surface area contributed by atoms with Crippen LogP contribution in [0.15, 0.2) is 35.2 Å². The summed E-state index contributed by atoms with van der Waals surface area (Å²) in [5, 5.41) is 10.9. The van der Waals surface area contributed by atoms with Crippen molar-refractivity contribution in [1.29, 1.82) is 0 Å². The third-order valence-electron chi connectivity index (χ3n) is 5.36. The molecule has 2 aliphatic heterocycles. The van der Waals surface area contributed by atoms with Gasteiger partial charge in [-0.15, -0.1) is 0 Å². The van der Waals surface area contributed by atoms with Crippen LogP contribution in [0.3, 0.4) is 0 Å². The first-order chi connectivity index (χ1) is 14.3. The maximum atomic E-state index is 12.9. The molecule has 4 rings (SSSR count). The SMILES string of the molecule is Cc1cc(/C=C2\SC(=S)N(C[C@@H]3CCCO3)C2=O)c(C)n1-c1ccc([N+](=O)[O-])cc1. The van der Waals surface area contributed by atoms with Crippen LogP contribution in [0.1, 0.15) is 29.8 Å². The van der Waals surface area contributed by atoms with Crippen molar-refractivity contribution >= 4 is 46.0 Å². The van der Waals surface area contributed by atoms with Gasteiger partial charge >= 0.3 is 0 Å². The molecule has 0 aliphatic carbocycles. The minimum absolute atomic E-state index is 0.0522. The molecule has 1 aromatic carbocycles. The van der Waals surface area contributed by atoms with Gasteiger partial charge in [-0.1, -0.05) is 24.0 Å². The summed E-state index contributed by atoms with van der Waals surface area (Å²) in [6.07, 6.45) is 3.90. The van der Waals surface area contributed by atoms with Crippen LogP contribution in [0.25, 0.3) is 11.8 Å². The van der Waals surface area contributed by atoms with Crippen LogP contribution in [-0.2, 0) is 9.53 Å². The fraction of sp³-hybridized carbons (Fsp3) is 0.333. The lowest BCUT2D eigenvalue weighted by atomic mass is 10.2. The molecule has 30 heavy (non-hydrogen) atoms. The van der Waals surface area contributed by atoms with Crippen molar-refractivity contribution in [3.8, 4) is 5.69 Å². The predicted octanol–water partition coefficient (Wildman–Crippen LogP) is 4.38. The summed E-state index contributed by atoms with van der Waals surface area (Å²) in [7, 11) is 0. The predicted molar refractivity (Wildman–Crippen MR) is 121 cm³/mol. The minimum Gasteiger partial charge on any atom is -0.376 e. The van der Waals surface area contributed by atoms with E-state index in [1.807, 2.05) is 30.6 Å². The van der Waals surface area contributed by atoms with E-state index in [1.165, 1.54) is 23.9 Å². The van der Waals surface area contributed by atoms with E-state index in [0.717, 1.165) is 42.1 Å². The number of nitrogens with zero attached hydrogens (tertiary/aromatic N) is 3. The minimum atomic E-state index is -0.414. The first-order valence-electron chi connectivity index (χ1n) is 9.66. The van der Waals surface area contributed by atoms with Gasteiger partial charge in [0.1, 0.15) is 4.32 Å². The Morgan fingerprint density at radius 2 is 2.07 bits per heavy atom. The smallest absolute Gasteiger partial charge is 0.269 e. The van der Waals surface area contributed by atoms with Gasteiger partial charge < -0.3 is 9.30 Å². The number of nitro benzene ring substituents is 1. The number of rotatable bonds is 5. The first-order valence-corrected chi connectivity index (χ1v) is 10.9. The molecule has 0 spiro atoms. The molecule has 2 aromatic rings. The molecular formula is C21H21N3O4S2. The number of carbonyl (C=O) groups excluding carboxylic acids is 1. The van der Waals surface area contributed by atoms with Crippen LogP contribution in [-0.4, -0.2) is 43.9 Å². The zero-order valence-corrected chi connectivity index (χ0v) is 18.3. The molecule has 0 bridgehead atoms. The molecule has 9 heteroatoms. The van der Waals surface area contributed by atoms with E-state index in [4.69, 9.17) is 17.0 Å². The Balaban J connectivity index is 1.60. The van der Waals surface area contributed by atoms with Crippen molar-refractivity contribution in [2.75, 3.05) is 13.2 Å². The molecule has 0 N–H and O–H groups in total. The van der Waals surface area contributed by atoms with Gasteiger partial charge in [0, 0.05) is 35.8 Å². The van der Waals surface area contributed by atoms with Crippen LogP contribution in [0.2, 0.25) is 0 Å². The second-order valence-electron chi connectivity index (χ2n) is 7.36. The first kappa shape index (κ1) is 20.8. The van der Waals surface area contributed by atoms with Gasteiger partial charge in [0.25, 0.3) is 11.6 Å². The fourth-order valence-electron chi connectivity index (χ4n) is 3.85. The molecule has 2 saturated heterocycles. The summed E-state index contributed by atoms with van der Waals surface area (Å²) in [4.78, 5) is 25.6. The van der Waals surface area contributed by atoms with Crippen molar-refractivity contribution in [1.82, 2.24) is 9.47 Å². The molecule has 7 nitrogen and oxygen atoms in total. The third kappa shape index (κ3) is 3.92. The molecule has 0 saturated carbocycles. The van der Waals surface area contributed by atoms with Gasteiger partial charge in [-0.25, -0.2) is 0 Å². The quantitative estimate of drug-likeness (QED) is 0.295.